The van der Waals surface area contributed by atoms with Gasteiger partial charge in [0, 0.05) is 43.1 Å². The van der Waals surface area contributed by atoms with Crippen molar-refractivity contribution in [3.63, 3.8) is 0 Å². The van der Waals surface area contributed by atoms with Crippen molar-refractivity contribution in [2.45, 2.75) is 37.6 Å². The summed E-state index contributed by atoms with van der Waals surface area (Å²) in [5.41, 5.74) is 8.66. The Balaban J connectivity index is 1.35. The van der Waals surface area contributed by atoms with Gasteiger partial charge in [-0.3, -0.25) is 4.90 Å². The van der Waals surface area contributed by atoms with Crippen molar-refractivity contribution in [2.24, 2.45) is 5.92 Å². The second kappa shape index (κ2) is 10.5. The molecule has 2 aromatic carbocycles. The molecule has 0 aliphatic carbocycles. The molecule has 2 spiro atoms. The van der Waals surface area contributed by atoms with Gasteiger partial charge in [-0.1, -0.05) is 30.3 Å². The van der Waals surface area contributed by atoms with Crippen molar-refractivity contribution in [3.05, 3.63) is 89.5 Å². The van der Waals surface area contributed by atoms with E-state index in [1.807, 2.05) is 24.3 Å². The van der Waals surface area contributed by atoms with E-state index < -0.39 is 35.7 Å². The Morgan fingerprint density at radius 2 is 1.39 bits per heavy atom. The Kier molecular flexibility index (Phi) is 6.84. The van der Waals surface area contributed by atoms with Crippen LogP contribution in [0, 0.1) is 5.92 Å². The van der Waals surface area contributed by atoms with Gasteiger partial charge in [-0.05, 0) is 61.2 Å². The van der Waals surface area contributed by atoms with Crippen LogP contribution in [-0.2, 0) is 57.0 Å². The number of rotatable bonds is 4. The number of nitrogen functional groups attached to an aromatic ring is 1. The minimum absolute atomic E-state index is 0.0201. The van der Waals surface area contributed by atoms with Crippen LogP contribution in [-0.4, -0.2) is 59.2 Å². The summed E-state index contributed by atoms with van der Waals surface area (Å²) >= 11 is 0. The second-order valence-electron chi connectivity index (χ2n) is 10.6. The van der Waals surface area contributed by atoms with Gasteiger partial charge >= 0.3 is 35.7 Å². The molecule has 2 aromatic rings. The van der Waals surface area contributed by atoms with E-state index in [0.717, 1.165) is 62.3 Å². The molecular formula is C30H29N3O8. The Labute approximate surface area is 236 Å². The van der Waals surface area contributed by atoms with Gasteiger partial charge in [0.2, 0.25) is 0 Å². The summed E-state index contributed by atoms with van der Waals surface area (Å²) in [5, 5.41) is 0. The number of benzene rings is 2. The van der Waals surface area contributed by atoms with Crippen molar-refractivity contribution in [2.75, 3.05) is 25.4 Å². The molecule has 0 bridgehead atoms. The minimum atomic E-state index is -2.16. The first-order chi connectivity index (χ1) is 19.7. The van der Waals surface area contributed by atoms with Crippen LogP contribution < -0.4 is 5.73 Å². The largest absolute Gasteiger partial charge is 0.404 e. The number of carbonyl (C=O) groups is 4. The number of carbonyl (C=O) groups excluding carboxylic acids is 4. The molecule has 0 aromatic heterocycles. The Morgan fingerprint density at radius 1 is 0.780 bits per heavy atom. The third-order valence-corrected chi connectivity index (χ3v) is 7.75. The van der Waals surface area contributed by atoms with Crippen LogP contribution in [0.5, 0.6) is 0 Å². The summed E-state index contributed by atoms with van der Waals surface area (Å²) in [4.78, 5) is 54.9. The third-order valence-electron chi connectivity index (χ3n) is 7.75. The Bertz CT molecular complexity index is 1420. The summed E-state index contributed by atoms with van der Waals surface area (Å²) in [5.74, 6) is -7.55. The van der Waals surface area contributed by atoms with Gasteiger partial charge in [0.25, 0.3) is 0 Å². The summed E-state index contributed by atoms with van der Waals surface area (Å²) in [6.45, 7) is 2.38. The molecule has 4 heterocycles. The highest BCUT2D eigenvalue weighted by Crippen LogP contribution is 2.48. The van der Waals surface area contributed by atoms with Crippen LogP contribution in [0.3, 0.4) is 0 Å². The van der Waals surface area contributed by atoms with Crippen molar-refractivity contribution >= 4 is 29.6 Å². The van der Waals surface area contributed by atoms with Gasteiger partial charge in [0.05, 0.1) is 12.0 Å². The fraction of sp³-hybridized carbons (Fsp3) is 0.333. The molecule has 41 heavy (non-hydrogen) atoms. The maximum atomic E-state index is 12.8. The molecule has 2 N–H and O–H groups in total. The van der Waals surface area contributed by atoms with Crippen molar-refractivity contribution < 1.29 is 38.1 Å². The zero-order chi connectivity index (χ0) is 28.6. The molecule has 11 nitrogen and oxygen atoms in total. The average Bonchev–Trinajstić information content (AvgIpc) is 3.18. The molecule has 1 saturated heterocycles. The van der Waals surface area contributed by atoms with E-state index in [-0.39, 0.29) is 18.9 Å². The van der Waals surface area contributed by atoms with Gasteiger partial charge in [-0.25, -0.2) is 19.2 Å². The fourth-order valence-corrected chi connectivity index (χ4v) is 5.92. The van der Waals surface area contributed by atoms with Crippen LogP contribution in [0.15, 0.2) is 72.8 Å². The van der Waals surface area contributed by atoms with Gasteiger partial charge in [0.1, 0.15) is 0 Å². The molecule has 11 heteroatoms. The number of nitrogens with two attached hydrogens (primary N) is 1. The van der Waals surface area contributed by atoms with Crippen molar-refractivity contribution in [3.8, 4) is 0 Å². The molecule has 0 unspecified atom stereocenters. The van der Waals surface area contributed by atoms with Crippen molar-refractivity contribution in [1.29, 1.82) is 0 Å². The molecule has 6 rings (SSSR count). The maximum absolute atomic E-state index is 12.8. The minimum Gasteiger partial charge on any atom is -0.404 e. The predicted octanol–water partition coefficient (Wildman–Crippen LogP) is 2.12. The highest BCUT2D eigenvalue weighted by atomic mass is 16.8. The van der Waals surface area contributed by atoms with Crippen LogP contribution in [0.1, 0.15) is 29.5 Å². The second-order valence-corrected chi connectivity index (χ2v) is 10.6. The molecule has 4 aliphatic rings. The van der Waals surface area contributed by atoms with Crippen LogP contribution in [0.2, 0.25) is 0 Å². The quantitative estimate of drug-likeness (QED) is 0.435. The molecule has 212 valence electrons. The first kappa shape index (κ1) is 26.7. The molecule has 1 fully saturated rings. The number of likely N-dealkylation sites (tertiary alicyclic amines) is 1. The van der Waals surface area contributed by atoms with Gasteiger partial charge in [0.15, 0.2) is 0 Å². The van der Waals surface area contributed by atoms with E-state index in [0.29, 0.717) is 16.8 Å². The summed E-state index contributed by atoms with van der Waals surface area (Å²) < 4.78 is 23.4. The first-order valence-electron chi connectivity index (χ1n) is 13.5. The summed E-state index contributed by atoms with van der Waals surface area (Å²) in [6.07, 6.45) is 5.29. The van der Waals surface area contributed by atoms with Gasteiger partial charge in [-0.15, -0.1) is 0 Å². The van der Waals surface area contributed by atoms with E-state index in [9.17, 15) is 19.2 Å². The number of esters is 4. The lowest BCUT2D eigenvalue weighted by molar-refractivity contribution is -0.398. The fourth-order valence-electron chi connectivity index (χ4n) is 5.92. The molecule has 0 radical (unpaired) electrons. The van der Waals surface area contributed by atoms with Crippen LogP contribution in [0.25, 0.3) is 0 Å². The number of anilines is 1. The maximum Gasteiger partial charge on any atom is 0.355 e. The Morgan fingerprint density at radius 3 is 2.02 bits per heavy atom. The number of piperidine rings is 1. The van der Waals surface area contributed by atoms with E-state index in [2.05, 4.69) is 4.90 Å². The zero-order valence-corrected chi connectivity index (χ0v) is 22.2. The normalized spacial score (nSPS) is 22.3. The topological polar surface area (TPSA) is 138 Å². The number of nitrogens with zero attached hydrogens (tertiary/aromatic N) is 2. The van der Waals surface area contributed by atoms with Gasteiger partial charge < -0.3 is 24.7 Å². The van der Waals surface area contributed by atoms with Crippen LogP contribution >= 0.6 is 0 Å². The molecular weight excluding hydrogens is 530 g/mol. The van der Waals surface area contributed by atoms with E-state index in [1.165, 1.54) is 4.90 Å². The number of fused-ring (bicyclic) bond motifs is 2. The average molecular weight is 560 g/mol. The van der Waals surface area contributed by atoms with E-state index in [4.69, 9.17) is 24.7 Å². The predicted molar refractivity (Wildman–Crippen MR) is 143 cm³/mol. The van der Waals surface area contributed by atoms with Crippen molar-refractivity contribution in [1.82, 2.24) is 9.80 Å². The first-order valence-corrected chi connectivity index (χ1v) is 13.5. The lowest BCUT2D eigenvalue weighted by atomic mass is 9.89. The lowest BCUT2D eigenvalue weighted by Gasteiger charge is -2.53. The number of hydrogen-bond donors (Lipinski definition) is 1. The summed E-state index contributed by atoms with van der Waals surface area (Å²) in [6, 6.07) is 14.6. The monoisotopic (exact) mass is 559 g/mol. The molecule has 4 aliphatic heterocycles. The summed E-state index contributed by atoms with van der Waals surface area (Å²) in [7, 11) is 0. The smallest absolute Gasteiger partial charge is 0.355 e. The molecule has 0 saturated carbocycles. The number of ether oxygens (including phenoxy) is 4. The number of hydrogen-bond acceptors (Lipinski definition) is 11. The molecule has 0 amide bonds. The molecule has 0 atom stereocenters. The third kappa shape index (κ3) is 5.21. The lowest BCUT2D eigenvalue weighted by Crippen LogP contribution is -2.69. The van der Waals surface area contributed by atoms with E-state index >= 15 is 0 Å². The van der Waals surface area contributed by atoms with Gasteiger partial charge in [-0.2, -0.15) is 4.90 Å². The highest BCUT2D eigenvalue weighted by Gasteiger charge is 2.64. The SMILES string of the molecule is Nc1cccc(CN2CCC(CN3C4(Cc5ccccc5C35OC(=O)C=CC(=O)O5)OC(=O)C=CC(=O)O4)CC2)c1. The standard InChI is InChI=1S/C30H29N3O8/c31-23-6-3-4-21(16-23)18-32-14-12-20(13-15-32)19-33-29(38-25(34)8-9-26(35)39-29)17-22-5-1-2-7-24(22)30(33)40-27(36)10-11-28(37)41-30/h1-11,16,20H,12-15,17-19,31H2. The Hall–Kier alpha value is -4.48. The van der Waals surface area contributed by atoms with Crippen LogP contribution in [0.4, 0.5) is 5.69 Å². The highest BCUT2D eigenvalue weighted by molar-refractivity contribution is 5.94. The van der Waals surface area contributed by atoms with E-state index in [1.54, 1.807) is 24.3 Å². The zero-order valence-electron chi connectivity index (χ0n) is 22.2.